The summed E-state index contributed by atoms with van der Waals surface area (Å²) in [7, 11) is 1.52. The maximum Gasteiger partial charge on any atom is 0.257 e. The van der Waals surface area contributed by atoms with Gasteiger partial charge in [-0.3, -0.25) is 14.9 Å². The van der Waals surface area contributed by atoms with Crippen LogP contribution < -0.4 is 25.4 Å². The number of methoxy groups -OCH3 is 1. The molecule has 3 N–H and O–H groups in total. The molecule has 0 saturated heterocycles. The van der Waals surface area contributed by atoms with Crippen molar-refractivity contribution in [2.75, 3.05) is 24.4 Å². The Bertz CT molecular complexity index is 917. The third kappa shape index (κ3) is 7.90. The number of thiocarbonyl (C=S) groups is 1. The van der Waals surface area contributed by atoms with Crippen LogP contribution in [0.25, 0.3) is 0 Å². The fraction of sp³-hybridized carbons (Fsp3) is 0.348. The molecule has 0 aliphatic carbocycles. The molecule has 0 aliphatic heterocycles. The van der Waals surface area contributed by atoms with Gasteiger partial charge in [0.25, 0.3) is 5.91 Å². The average Bonchev–Trinajstić information content (AvgIpc) is 2.77. The first-order valence-corrected chi connectivity index (χ1v) is 10.7. The summed E-state index contributed by atoms with van der Waals surface area (Å²) in [6.07, 6.45) is 3.12. The van der Waals surface area contributed by atoms with Crippen LogP contribution in [0, 0.1) is 0 Å². The fourth-order valence-corrected chi connectivity index (χ4v) is 2.92. The maximum atomic E-state index is 12.5. The van der Waals surface area contributed by atoms with Gasteiger partial charge in [0.2, 0.25) is 5.91 Å². The molecule has 166 valence electrons. The molecule has 2 rings (SSSR count). The van der Waals surface area contributed by atoms with E-state index in [-0.39, 0.29) is 16.9 Å². The molecule has 0 aromatic heterocycles. The molecule has 0 saturated carbocycles. The van der Waals surface area contributed by atoms with Crippen LogP contribution >= 0.6 is 12.2 Å². The zero-order chi connectivity index (χ0) is 22.6. The summed E-state index contributed by atoms with van der Waals surface area (Å²) in [6, 6.07) is 12.1. The molecule has 0 spiro atoms. The second kappa shape index (κ2) is 12.5. The zero-order valence-electron chi connectivity index (χ0n) is 18.1. The van der Waals surface area contributed by atoms with Gasteiger partial charge in [0, 0.05) is 23.7 Å². The maximum absolute atomic E-state index is 12.5. The second-order valence-electron chi connectivity index (χ2n) is 6.85. The summed E-state index contributed by atoms with van der Waals surface area (Å²) in [4.78, 5) is 24.5. The highest BCUT2D eigenvalue weighted by Crippen LogP contribution is 2.28. The normalized spacial score (nSPS) is 10.2. The monoisotopic (exact) mass is 443 g/mol. The molecular formula is C23H29N3O4S. The van der Waals surface area contributed by atoms with Gasteiger partial charge in [-0.05, 0) is 55.4 Å². The van der Waals surface area contributed by atoms with E-state index in [1.165, 1.54) is 7.11 Å². The van der Waals surface area contributed by atoms with Crippen molar-refractivity contribution >= 4 is 40.5 Å². The number of rotatable bonds is 10. The molecule has 0 radical (unpaired) electrons. The SMILES string of the molecule is CCCCC(=O)Nc1ccc(NC(=S)NC(=O)c2cccc(OCCC)c2)cc1OC. The van der Waals surface area contributed by atoms with Gasteiger partial charge >= 0.3 is 0 Å². The number of hydrogen-bond acceptors (Lipinski definition) is 5. The smallest absolute Gasteiger partial charge is 0.257 e. The number of amides is 2. The number of anilines is 2. The average molecular weight is 444 g/mol. The van der Waals surface area contributed by atoms with E-state index in [4.69, 9.17) is 21.7 Å². The number of hydrogen-bond donors (Lipinski definition) is 3. The molecule has 2 aromatic carbocycles. The van der Waals surface area contributed by atoms with Crippen molar-refractivity contribution in [1.82, 2.24) is 5.32 Å². The number of unbranched alkanes of at least 4 members (excludes halogenated alkanes) is 1. The highest BCUT2D eigenvalue weighted by atomic mass is 32.1. The van der Waals surface area contributed by atoms with Gasteiger partial charge < -0.3 is 20.1 Å². The Morgan fingerprint density at radius 3 is 2.55 bits per heavy atom. The third-order valence-corrected chi connectivity index (χ3v) is 4.49. The summed E-state index contributed by atoms with van der Waals surface area (Å²) >= 11 is 5.26. The van der Waals surface area contributed by atoms with Crippen LogP contribution in [0.5, 0.6) is 11.5 Å². The Hall–Kier alpha value is -3.13. The van der Waals surface area contributed by atoms with Gasteiger partial charge in [0.1, 0.15) is 11.5 Å². The first-order chi connectivity index (χ1) is 15.0. The lowest BCUT2D eigenvalue weighted by Crippen LogP contribution is -2.34. The van der Waals surface area contributed by atoms with E-state index in [0.717, 1.165) is 19.3 Å². The number of nitrogens with one attached hydrogen (secondary N) is 3. The highest BCUT2D eigenvalue weighted by Gasteiger charge is 2.12. The molecule has 0 aliphatic rings. The van der Waals surface area contributed by atoms with Crippen molar-refractivity contribution in [2.24, 2.45) is 0 Å². The van der Waals surface area contributed by atoms with Crippen LogP contribution in [0.15, 0.2) is 42.5 Å². The first kappa shape index (κ1) is 24.1. The van der Waals surface area contributed by atoms with Gasteiger partial charge in [-0.15, -0.1) is 0 Å². The van der Waals surface area contributed by atoms with E-state index < -0.39 is 0 Å². The predicted octanol–water partition coefficient (Wildman–Crippen LogP) is 4.74. The standard InChI is InChI=1S/C23H29N3O4S/c1-4-6-10-21(27)25-19-12-11-17(15-20(19)29-3)24-23(31)26-22(28)16-8-7-9-18(14-16)30-13-5-2/h7-9,11-12,14-15H,4-6,10,13H2,1-3H3,(H,25,27)(H2,24,26,28,31). The number of carbonyl (C=O) groups excluding carboxylic acids is 2. The summed E-state index contributed by atoms with van der Waals surface area (Å²) in [5.74, 6) is 0.722. The van der Waals surface area contributed by atoms with E-state index >= 15 is 0 Å². The van der Waals surface area contributed by atoms with Gasteiger partial charge in [0.15, 0.2) is 5.11 Å². The van der Waals surface area contributed by atoms with Crippen molar-refractivity contribution < 1.29 is 19.1 Å². The fourth-order valence-electron chi connectivity index (χ4n) is 2.71. The topological polar surface area (TPSA) is 88.7 Å². The summed E-state index contributed by atoms with van der Waals surface area (Å²) in [5.41, 5.74) is 1.64. The summed E-state index contributed by atoms with van der Waals surface area (Å²) < 4.78 is 10.9. The van der Waals surface area contributed by atoms with Crippen LogP contribution in [0.2, 0.25) is 0 Å². The summed E-state index contributed by atoms with van der Waals surface area (Å²) in [6.45, 7) is 4.64. The van der Waals surface area contributed by atoms with Gasteiger partial charge in [-0.1, -0.05) is 26.3 Å². The first-order valence-electron chi connectivity index (χ1n) is 10.3. The molecule has 2 aromatic rings. The molecule has 7 nitrogen and oxygen atoms in total. The summed E-state index contributed by atoms with van der Waals surface area (Å²) in [5, 5.41) is 8.60. The molecule has 0 unspecified atom stereocenters. The molecule has 8 heteroatoms. The van der Waals surface area contributed by atoms with Gasteiger partial charge in [-0.2, -0.15) is 0 Å². The Labute approximate surface area is 188 Å². The van der Waals surface area contributed by atoms with E-state index in [1.54, 1.807) is 42.5 Å². The Morgan fingerprint density at radius 2 is 1.84 bits per heavy atom. The Balaban J connectivity index is 1.98. The molecule has 31 heavy (non-hydrogen) atoms. The molecule has 0 atom stereocenters. The minimum absolute atomic E-state index is 0.0613. The molecule has 0 fully saturated rings. The minimum Gasteiger partial charge on any atom is -0.494 e. The van der Waals surface area contributed by atoms with Crippen molar-refractivity contribution in [2.45, 2.75) is 39.5 Å². The van der Waals surface area contributed by atoms with Crippen LogP contribution in [0.1, 0.15) is 49.9 Å². The molecular weight excluding hydrogens is 414 g/mol. The Morgan fingerprint density at radius 1 is 1.03 bits per heavy atom. The number of benzene rings is 2. The van der Waals surface area contributed by atoms with Crippen LogP contribution in [0.4, 0.5) is 11.4 Å². The molecule has 0 heterocycles. The van der Waals surface area contributed by atoms with E-state index in [2.05, 4.69) is 16.0 Å². The van der Waals surface area contributed by atoms with Crippen LogP contribution in [-0.2, 0) is 4.79 Å². The lowest BCUT2D eigenvalue weighted by molar-refractivity contribution is -0.116. The lowest BCUT2D eigenvalue weighted by Gasteiger charge is -2.14. The predicted molar refractivity (Wildman–Crippen MR) is 127 cm³/mol. The largest absolute Gasteiger partial charge is 0.494 e. The van der Waals surface area contributed by atoms with Gasteiger partial charge in [0.05, 0.1) is 19.4 Å². The second-order valence-corrected chi connectivity index (χ2v) is 7.26. The zero-order valence-corrected chi connectivity index (χ0v) is 18.9. The molecule has 0 bridgehead atoms. The Kier molecular flexibility index (Phi) is 9.77. The van der Waals surface area contributed by atoms with Gasteiger partial charge in [-0.25, -0.2) is 0 Å². The van der Waals surface area contributed by atoms with E-state index in [0.29, 0.717) is 41.5 Å². The van der Waals surface area contributed by atoms with Crippen molar-refractivity contribution in [3.8, 4) is 11.5 Å². The number of carbonyl (C=O) groups is 2. The third-order valence-electron chi connectivity index (χ3n) is 4.29. The highest BCUT2D eigenvalue weighted by molar-refractivity contribution is 7.80. The van der Waals surface area contributed by atoms with Crippen LogP contribution in [0.3, 0.4) is 0 Å². The minimum atomic E-state index is -0.341. The lowest BCUT2D eigenvalue weighted by atomic mass is 10.2. The molecule has 2 amide bonds. The quantitative estimate of drug-likeness (QED) is 0.460. The van der Waals surface area contributed by atoms with E-state index in [1.807, 2.05) is 13.8 Å². The van der Waals surface area contributed by atoms with Crippen LogP contribution in [-0.4, -0.2) is 30.6 Å². The van der Waals surface area contributed by atoms with Crippen molar-refractivity contribution in [3.05, 3.63) is 48.0 Å². The van der Waals surface area contributed by atoms with Crippen molar-refractivity contribution in [1.29, 1.82) is 0 Å². The van der Waals surface area contributed by atoms with E-state index in [9.17, 15) is 9.59 Å². The number of ether oxygens (including phenoxy) is 2. The van der Waals surface area contributed by atoms with Crippen molar-refractivity contribution in [3.63, 3.8) is 0 Å².